The number of hydrogen-bond acceptors (Lipinski definition) is 6. The highest BCUT2D eigenvalue weighted by Gasteiger charge is 2.26. The van der Waals surface area contributed by atoms with Gasteiger partial charge in [0.1, 0.15) is 17.2 Å². The van der Waals surface area contributed by atoms with E-state index in [9.17, 15) is 4.79 Å². The lowest BCUT2D eigenvalue weighted by Crippen LogP contribution is -2.20. The van der Waals surface area contributed by atoms with Gasteiger partial charge in [0, 0.05) is 36.1 Å². The Kier molecular flexibility index (Phi) is 4.62. The van der Waals surface area contributed by atoms with Crippen molar-refractivity contribution in [1.82, 2.24) is 9.97 Å². The molecule has 0 radical (unpaired) electrons. The third kappa shape index (κ3) is 3.69. The maximum Gasteiger partial charge on any atom is 0.170 e. The molecular formula is C21H21N3O3. The average molecular weight is 363 g/mol. The van der Waals surface area contributed by atoms with Gasteiger partial charge in [0.25, 0.3) is 0 Å². The summed E-state index contributed by atoms with van der Waals surface area (Å²) in [6.45, 7) is 0.905. The first-order valence-electron chi connectivity index (χ1n) is 8.93. The highest BCUT2D eigenvalue weighted by Crippen LogP contribution is 2.38. The van der Waals surface area contributed by atoms with Crippen molar-refractivity contribution in [2.45, 2.75) is 12.8 Å². The monoisotopic (exact) mass is 363 g/mol. The number of methoxy groups -OCH3 is 2. The van der Waals surface area contributed by atoms with Gasteiger partial charge in [0.15, 0.2) is 6.29 Å². The van der Waals surface area contributed by atoms with Crippen LogP contribution < -0.4 is 14.4 Å². The number of carbonyl (C=O) groups excluding carboxylic acids is 1. The largest absolute Gasteiger partial charge is 0.497 e. The molecule has 0 N–H and O–H groups in total. The van der Waals surface area contributed by atoms with Gasteiger partial charge >= 0.3 is 0 Å². The molecular weight excluding hydrogens is 342 g/mol. The smallest absolute Gasteiger partial charge is 0.170 e. The van der Waals surface area contributed by atoms with E-state index in [0.29, 0.717) is 23.4 Å². The van der Waals surface area contributed by atoms with Crippen LogP contribution in [0.4, 0.5) is 11.4 Å². The molecule has 2 aromatic carbocycles. The van der Waals surface area contributed by atoms with E-state index in [1.54, 1.807) is 14.2 Å². The number of rotatable bonds is 7. The van der Waals surface area contributed by atoms with Crippen molar-refractivity contribution in [3.05, 3.63) is 48.3 Å². The number of anilines is 2. The van der Waals surface area contributed by atoms with E-state index in [1.807, 2.05) is 36.4 Å². The van der Waals surface area contributed by atoms with Crippen LogP contribution in [0, 0.1) is 5.92 Å². The first-order valence-corrected chi connectivity index (χ1v) is 8.93. The van der Waals surface area contributed by atoms with E-state index in [1.165, 1.54) is 19.0 Å². The zero-order valence-electron chi connectivity index (χ0n) is 15.4. The molecule has 1 aromatic heterocycles. The Morgan fingerprint density at radius 3 is 2.41 bits per heavy atom. The highest BCUT2D eigenvalue weighted by atomic mass is 16.5. The van der Waals surface area contributed by atoms with Gasteiger partial charge in [-0.25, -0.2) is 4.98 Å². The second kappa shape index (κ2) is 7.23. The zero-order valence-corrected chi connectivity index (χ0v) is 15.4. The number of fused-ring (bicyclic) bond motifs is 1. The van der Waals surface area contributed by atoms with Crippen LogP contribution in [0.5, 0.6) is 11.5 Å². The topological polar surface area (TPSA) is 64.6 Å². The summed E-state index contributed by atoms with van der Waals surface area (Å²) >= 11 is 0. The third-order valence-corrected chi connectivity index (χ3v) is 4.76. The van der Waals surface area contributed by atoms with E-state index in [-0.39, 0.29) is 0 Å². The van der Waals surface area contributed by atoms with Crippen LogP contribution in [0.25, 0.3) is 11.0 Å². The summed E-state index contributed by atoms with van der Waals surface area (Å²) in [6, 6.07) is 11.8. The molecule has 0 saturated heterocycles. The molecule has 27 heavy (non-hydrogen) atoms. The molecule has 1 aliphatic carbocycles. The lowest BCUT2D eigenvalue weighted by atomic mass is 10.2. The fourth-order valence-corrected chi connectivity index (χ4v) is 3.11. The minimum atomic E-state index is 0.330. The van der Waals surface area contributed by atoms with E-state index in [0.717, 1.165) is 34.9 Å². The average Bonchev–Trinajstić information content (AvgIpc) is 3.55. The summed E-state index contributed by atoms with van der Waals surface area (Å²) in [5, 5.41) is 0. The normalized spacial score (nSPS) is 13.4. The fourth-order valence-electron chi connectivity index (χ4n) is 3.11. The Morgan fingerprint density at radius 1 is 1.04 bits per heavy atom. The number of aldehydes is 1. The molecule has 3 aromatic rings. The molecule has 1 fully saturated rings. The third-order valence-electron chi connectivity index (χ3n) is 4.76. The highest BCUT2D eigenvalue weighted by molar-refractivity contribution is 5.83. The second-order valence-electron chi connectivity index (χ2n) is 6.71. The van der Waals surface area contributed by atoms with Crippen LogP contribution in [0.1, 0.15) is 23.3 Å². The molecule has 0 atom stereocenters. The Morgan fingerprint density at radius 2 is 1.78 bits per heavy atom. The predicted molar refractivity (Wildman–Crippen MR) is 104 cm³/mol. The van der Waals surface area contributed by atoms with E-state index in [2.05, 4.69) is 14.9 Å². The second-order valence-corrected chi connectivity index (χ2v) is 6.71. The molecule has 0 unspecified atom stereocenters. The first kappa shape index (κ1) is 17.3. The molecule has 0 spiro atoms. The van der Waals surface area contributed by atoms with Gasteiger partial charge in [-0.1, -0.05) is 0 Å². The molecule has 6 nitrogen and oxygen atoms in total. The van der Waals surface area contributed by atoms with Gasteiger partial charge < -0.3 is 14.4 Å². The van der Waals surface area contributed by atoms with Crippen molar-refractivity contribution >= 4 is 28.7 Å². The van der Waals surface area contributed by atoms with Gasteiger partial charge in [-0.15, -0.1) is 0 Å². The number of hydrogen-bond donors (Lipinski definition) is 0. The van der Waals surface area contributed by atoms with Crippen molar-refractivity contribution < 1.29 is 14.3 Å². The number of ether oxygens (including phenoxy) is 2. The zero-order chi connectivity index (χ0) is 18.8. The number of aromatic nitrogens is 2. The van der Waals surface area contributed by atoms with Gasteiger partial charge in [-0.2, -0.15) is 0 Å². The Labute approximate surface area is 157 Å². The van der Waals surface area contributed by atoms with Crippen LogP contribution in [0.15, 0.2) is 42.6 Å². The van der Waals surface area contributed by atoms with Crippen LogP contribution in [-0.4, -0.2) is 37.0 Å². The first-order chi connectivity index (χ1) is 13.2. The molecule has 1 saturated carbocycles. The molecule has 4 rings (SSSR count). The maximum absolute atomic E-state index is 11.0. The number of carbonyl (C=O) groups is 1. The fraction of sp³-hybridized carbons (Fsp3) is 0.286. The SMILES string of the molecule is COc1cc(OC)cc(N(CC2CC2)c2ccc3ncc(C=O)nc3c2)c1. The molecule has 6 heteroatoms. The summed E-state index contributed by atoms with van der Waals surface area (Å²) in [7, 11) is 3.30. The molecule has 0 amide bonds. The Bertz CT molecular complexity index is 963. The standard InChI is InChI=1S/C21H21N3O3/c1-26-18-7-17(8-19(10-18)27-2)24(12-14-3-4-14)16-5-6-20-21(9-16)23-15(13-25)11-22-20/h5-11,13-14H,3-4,12H2,1-2H3. The molecule has 1 aliphatic rings. The maximum atomic E-state index is 11.0. The molecule has 1 heterocycles. The van der Waals surface area contributed by atoms with Crippen LogP contribution in [0.2, 0.25) is 0 Å². The van der Waals surface area contributed by atoms with E-state index >= 15 is 0 Å². The van der Waals surface area contributed by atoms with Gasteiger partial charge in [-0.3, -0.25) is 9.78 Å². The van der Waals surface area contributed by atoms with Crippen molar-refractivity contribution in [2.75, 3.05) is 25.7 Å². The Hall–Kier alpha value is -3.15. The molecule has 0 bridgehead atoms. The van der Waals surface area contributed by atoms with Crippen molar-refractivity contribution in [2.24, 2.45) is 5.92 Å². The summed E-state index contributed by atoms with van der Waals surface area (Å²) in [5.74, 6) is 2.16. The lowest BCUT2D eigenvalue weighted by molar-refractivity contribution is 0.111. The van der Waals surface area contributed by atoms with Gasteiger partial charge in [-0.05, 0) is 37.0 Å². The summed E-state index contributed by atoms with van der Waals surface area (Å²) in [4.78, 5) is 22.0. The van der Waals surface area contributed by atoms with Crippen LogP contribution in [-0.2, 0) is 0 Å². The van der Waals surface area contributed by atoms with Crippen molar-refractivity contribution in [3.63, 3.8) is 0 Å². The van der Waals surface area contributed by atoms with Crippen molar-refractivity contribution in [3.8, 4) is 11.5 Å². The van der Waals surface area contributed by atoms with E-state index < -0.39 is 0 Å². The van der Waals surface area contributed by atoms with Gasteiger partial charge in [0.05, 0.1) is 31.4 Å². The summed E-state index contributed by atoms with van der Waals surface area (Å²) in [5.41, 5.74) is 3.79. The van der Waals surface area contributed by atoms with Gasteiger partial charge in [0.2, 0.25) is 0 Å². The van der Waals surface area contributed by atoms with Crippen LogP contribution in [0.3, 0.4) is 0 Å². The van der Waals surface area contributed by atoms with E-state index in [4.69, 9.17) is 9.47 Å². The number of nitrogens with zero attached hydrogens (tertiary/aromatic N) is 3. The summed E-state index contributed by atoms with van der Waals surface area (Å²) in [6.07, 6.45) is 4.68. The van der Waals surface area contributed by atoms with Crippen LogP contribution >= 0.6 is 0 Å². The lowest BCUT2D eigenvalue weighted by Gasteiger charge is -2.26. The molecule has 0 aliphatic heterocycles. The minimum Gasteiger partial charge on any atom is -0.497 e. The minimum absolute atomic E-state index is 0.330. The number of benzene rings is 2. The van der Waals surface area contributed by atoms with Crippen molar-refractivity contribution in [1.29, 1.82) is 0 Å². The quantitative estimate of drug-likeness (QED) is 0.591. The predicted octanol–water partition coefficient (Wildman–Crippen LogP) is 4.01. The molecule has 138 valence electrons. The Balaban J connectivity index is 1.80. The summed E-state index contributed by atoms with van der Waals surface area (Å²) < 4.78 is 10.9.